The summed E-state index contributed by atoms with van der Waals surface area (Å²) in [6, 6.07) is 5.61. The number of benzene rings is 1. The summed E-state index contributed by atoms with van der Waals surface area (Å²) < 4.78 is 5.14. The van der Waals surface area contributed by atoms with Crippen LogP contribution in [0.1, 0.15) is 25.3 Å². The maximum atomic E-state index is 9.82. The summed E-state index contributed by atoms with van der Waals surface area (Å²) in [4.78, 5) is 6.74. The molecule has 1 aromatic carbocycles. The van der Waals surface area contributed by atoms with E-state index in [1.54, 1.807) is 25.3 Å². The van der Waals surface area contributed by atoms with Crippen molar-refractivity contribution in [3.05, 3.63) is 23.8 Å². The molecule has 0 saturated carbocycles. The molecule has 4 N–H and O–H groups in total. The van der Waals surface area contributed by atoms with Gasteiger partial charge in [-0.3, -0.25) is 4.90 Å². The summed E-state index contributed by atoms with van der Waals surface area (Å²) in [6.07, 6.45) is 2.44. The number of halogens is 1. The van der Waals surface area contributed by atoms with Gasteiger partial charge in [-0.1, -0.05) is 6.92 Å². The van der Waals surface area contributed by atoms with Crippen molar-refractivity contribution in [1.82, 2.24) is 10.2 Å². The third-order valence-electron chi connectivity index (χ3n) is 4.13. The highest BCUT2D eigenvalue weighted by Crippen LogP contribution is 2.23. The van der Waals surface area contributed by atoms with E-state index in [2.05, 4.69) is 22.1 Å². The number of phenols is 1. The first kappa shape index (κ1) is 19.8. The Morgan fingerprint density at radius 1 is 1.52 bits per heavy atom. The topological polar surface area (TPSA) is 83.1 Å². The number of nitrogens with one attached hydrogen (secondary N) is 1. The van der Waals surface area contributed by atoms with Gasteiger partial charge >= 0.3 is 0 Å². The van der Waals surface area contributed by atoms with Crippen molar-refractivity contribution < 1.29 is 9.84 Å². The number of methoxy groups -OCH3 is 1. The van der Waals surface area contributed by atoms with Gasteiger partial charge in [0.15, 0.2) is 5.96 Å². The van der Waals surface area contributed by atoms with Crippen molar-refractivity contribution in [1.29, 1.82) is 0 Å². The van der Waals surface area contributed by atoms with Crippen molar-refractivity contribution in [2.75, 3.05) is 26.7 Å². The van der Waals surface area contributed by atoms with E-state index in [0.717, 1.165) is 19.6 Å². The van der Waals surface area contributed by atoms with Crippen LogP contribution < -0.4 is 15.8 Å². The highest BCUT2D eigenvalue weighted by Gasteiger charge is 2.22. The third kappa shape index (κ3) is 5.72. The van der Waals surface area contributed by atoms with Crippen molar-refractivity contribution in [3.8, 4) is 11.5 Å². The van der Waals surface area contributed by atoms with Gasteiger partial charge in [0.25, 0.3) is 0 Å². The van der Waals surface area contributed by atoms with Crippen LogP contribution in [0.25, 0.3) is 0 Å². The van der Waals surface area contributed by atoms with E-state index in [4.69, 9.17) is 10.5 Å². The molecule has 1 fully saturated rings. The largest absolute Gasteiger partial charge is 0.508 e. The minimum Gasteiger partial charge on any atom is -0.508 e. The molecule has 1 aliphatic heterocycles. The van der Waals surface area contributed by atoms with Crippen LogP contribution in [0.5, 0.6) is 11.5 Å². The summed E-state index contributed by atoms with van der Waals surface area (Å²) in [7, 11) is 1.59. The standard InChI is InChI=1S/C16H26N4O2.HI/c1-3-20-8-4-5-13(20)11-19-16(17)18-10-12-9-14(22-2)6-7-15(12)21;/h6-7,9,13,21H,3-5,8,10-11H2,1-2H3,(H3,17,18,19);1H. The zero-order valence-corrected chi connectivity index (χ0v) is 16.1. The normalized spacial score (nSPS) is 18.5. The molecule has 1 aromatic rings. The molecule has 130 valence electrons. The molecule has 7 heteroatoms. The summed E-state index contributed by atoms with van der Waals surface area (Å²) >= 11 is 0. The van der Waals surface area contributed by atoms with Crippen LogP contribution in [0.3, 0.4) is 0 Å². The zero-order chi connectivity index (χ0) is 15.9. The van der Waals surface area contributed by atoms with E-state index in [0.29, 0.717) is 29.9 Å². The van der Waals surface area contributed by atoms with Gasteiger partial charge in [-0.25, -0.2) is 4.99 Å². The molecule has 1 unspecified atom stereocenters. The molecular formula is C16H27IN4O2. The van der Waals surface area contributed by atoms with Crippen LogP contribution in [0.15, 0.2) is 23.2 Å². The van der Waals surface area contributed by atoms with E-state index in [-0.39, 0.29) is 29.7 Å². The van der Waals surface area contributed by atoms with Crippen LogP contribution in [-0.4, -0.2) is 48.8 Å². The fourth-order valence-electron chi connectivity index (χ4n) is 2.81. The fourth-order valence-corrected chi connectivity index (χ4v) is 2.81. The van der Waals surface area contributed by atoms with E-state index < -0.39 is 0 Å². The Morgan fingerprint density at radius 3 is 3.00 bits per heavy atom. The van der Waals surface area contributed by atoms with E-state index in [1.165, 1.54) is 12.8 Å². The van der Waals surface area contributed by atoms with Crippen molar-refractivity contribution in [2.24, 2.45) is 10.7 Å². The zero-order valence-electron chi connectivity index (χ0n) is 13.8. The SMILES string of the molecule is CCN1CCCC1CNC(N)=NCc1cc(OC)ccc1O.I. The second-order valence-corrected chi connectivity index (χ2v) is 5.50. The number of hydrogen-bond donors (Lipinski definition) is 3. The minimum absolute atomic E-state index is 0. The smallest absolute Gasteiger partial charge is 0.188 e. The number of aromatic hydroxyl groups is 1. The maximum Gasteiger partial charge on any atom is 0.188 e. The van der Waals surface area contributed by atoms with E-state index in [1.807, 2.05) is 0 Å². The van der Waals surface area contributed by atoms with E-state index in [9.17, 15) is 5.11 Å². The number of phenolic OH excluding ortho intramolecular Hbond substituents is 1. The molecule has 0 aromatic heterocycles. The first-order chi connectivity index (χ1) is 10.6. The lowest BCUT2D eigenvalue weighted by Gasteiger charge is -2.23. The predicted octanol–water partition coefficient (Wildman–Crippen LogP) is 1.91. The van der Waals surface area contributed by atoms with Gasteiger partial charge in [-0.05, 0) is 44.1 Å². The first-order valence-corrected chi connectivity index (χ1v) is 7.77. The van der Waals surface area contributed by atoms with Gasteiger partial charge in [0.2, 0.25) is 0 Å². The number of rotatable bonds is 6. The number of nitrogens with zero attached hydrogens (tertiary/aromatic N) is 2. The highest BCUT2D eigenvalue weighted by molar-refractivity contribution is 14.0. The van der Waals surface area contributed by atoms with Gasteiger partial charge in [-0.2, -0.15) is 0 Å². The van der Waals surface area contributed by atoms with Crippen LogP contribution in [0, 0.1) is 0 Å². The molecule has 1 aliphatic rings. The Hall–Kier alpha value is -1.22. The van der Waals surface area contributed by atoms with E-state index >= 15 is 0 Å². The number of aliphatic imine (C=N–C) groups is 1. The lowest BCUT2D eigenvalue weighted by atomic mass is 10.2. The molecule has 0 aliphatic carbocycles. The average Bonchev–Trinajstić information content (AvgIpc) is 2.99. The van der Waals surface area contributed by atoms with Crippen LogP contribution in [-0.2, 0) is 6.54 Å². The molecule has 2 rings (SSSR count). The van der Waals surface area contributed by atoms with Crippen LogP contribution in [0.4, 0.5) is 0 Å². The molecular weight excluding hydrogens is 407 g/mol. The second kappa shape index (κ2) is 9.82. The van der Waals surface area contributed by atoms with Gasteiger partial charge in [0, 0.05) is 18.2 Å². The number of hydrogen-bond acceptors (Lipinski definition) is 4. The number of ether oxygens (including phenoxy) is 1. The molecule has 0 amide bonds. The number of likely N-dealkylation sites (N-methyl/N-ethyl adjacent to an activating group) is 1. The quantitative estimate of drug-likeness (QED) is 0.362. The van der Waals surface area contributed by atoms with Crippen molar-refractivity contribution >= 4 is 29.9 Å². The van der Waals surface area contributed by atoms with Gasteiger partial charge in [0.1, 0.15) is 11.5 Å². The number of nitrogens with two attached hydrogens (primary N) is 1. The lowest BCUT2D eigenvalue weighted by Crippen LogP contribution is -2.42. The first-order valence-electron chi connectivity index (χ1n) is 7.77. The highest BCUT2D eigenvalue weighted by atomic mass is 127. The summed E-state index contributed by atoms with van der Waals surface area (Å²) in [5, 5.41) is 13.0. The third-order valence-corrected chi connectivity index (χ3v) is 4.13. The second-order valence-electron chi connectivity index (χ2n) is 5.50. The Balaban J connectivity index is 0.00000264. The Bertz CT molecular complexity index is 525. The summed E-state index contributed by atoms with van der Waals surface area (Å²) in [5.74, 6) is 1.30. The number of guanidine groups is 1. The number of likely N-dealkylation sites (tertiary alicyclic amines) is 1. The minimum atomic E-state index is 0. The molecule has 0 spiro atoms. The van der Waals surface area contributed by atoms with Crippen molar-refractivity contribution in [3.63, 3.8) is 0 Å². The summed E-state index contributed by atoms with van der Waals surface area (Å²) in [6.45, 7) is 5.55. The molecule has 0 radical (unpaired) electrons. The molecule has 1 saturated heterocycles. The monoisotopic (exact) mass is 434 g/mol. The molecule has 6 nitrogen and oxygen atoms in total. The molecule has 0 bridgehead atoms. The predicted molar refractivity (Wildman–Crippen MR) is 104 cm³/mol. The fraction of sp³-hybridized carbons (Fsp3) is 0.562. The van der Waals surface area contributed by atoms with Gasteiger partial charge in [-0.15, -0.1) is 24.0 Å². The molecule has 1 heterocycles. The van der Waals surface area contributed by atoms with Gasteiger partial charge < -0.3 is 20.9 Å². The molecule has 23 heavy (non-hydrogen) atoms. The molecule has 1 atom stereocenters. The Morgan fingerprint density at radius 2 is 2.30 bits per heavy atom. The lowest BCUT2D eigenvalue weighted by molar-refractivity contribution is 0.267. The van der Waals surface area contributed by atoms with Gasteiger partial charge in [0.05, 0.1) is 13.7 Å². The van der Waals surface area contributed by atoms with Crippen LogP contribution in [0.2, 0.25) is 0 Å². The average molecular weight is 434 g/mol. The van der Waals surface area contributed by atoms with Crippen molar-refractivity contribution in [2.45, 2.75) is 32.4 Å². The Labute approximate surface area is 155 Å². The Kier molecular flexibility index (Phi) is 8.46. The maximum absolute atomic E-state index is 9.82. The summed E-state index contributed by atoms with van der Waals surface area (Å²) in [5.41, 5.74) is 6.61. The van der Waals surface area contributed by atoms with Crippen LogP contribution >= 0.6 is 24.0 Å².